The van der Waals surface area contributed by atoms with E-state index in [4.69, 9.17) is 4.74 Å². The van der Waals surface area contributed by atoms with Gasteiger partial charge in [0.1, 0.15) is 5.75 Å². The zero-order valence-corrected chi connectivity index (χ0v) is 13.0. The summed E-state index contributed by atoms with van der Waals surface area (Å²) in [4.78, 5) is 0. The summed E-state index contributed by atoms with van der Waals surface area (Å²) in [6.45, 7) is 5.97. The Kier molecular flexibility index (Phi) is 4.98. The molecule has 1 rings (SSSR count). The van der Waals surface area contributed by atoms with Crippen molar-refractivity contribution in [1.82, 2.24) is 5.32 Å². The maximum atomic E-state index is 12.0. The van der Waals surface area contributed by atoms with Crippen molar-refractivity contribution in [2.24, 2.45) is 0 Å². The highest BCUT2D eigenvalue weighted by atomic mass is 32.2. The highest BCUT2D eigenvalue weighted by Gasteiger charge is 2.39. The summed E-state index contributed by atoms with van der Waals surface area (Å²) in [5.74, 6) is 0.754. The van der Waals surface area contributed by atoms with Gasteiger partial charge in [-0.15, -0.1) is 0 Å². The maximum Gasteiger partial charge on any atom is 0.154 e. The lowest BCUT2D eigenvalue weighted by atomic mass is 9.95. The Hall–Kier alpha value is -1.07. The molecule has 0 saturated heterocycles. The van der Waals surface area contributed by atoms with E-state index in [-0.39, 0.29) is 6.04 Å². The van der Waals surface area contributed by atoms with Crippen molar-refractivity contribution < 1.29 is 13.2 Å². The summed E-state index contributed by atoms with van der Waals surface area (Å²) in [5.41, 5.74) is 0.906. The van der Waals surface area contributed by atoms with Crippen LogP contribution >= 0.6 is 0 Å². The smallest absolute Gasteiger partial charge is 0.154 e. The summed E-state index contributed by atoms with van der Waals surface area (Å²) < 4.78 is 28.5. The molecule has 0 fully saturated rings. The first-order valence-electron chi connectivity index (χ1n) is 6.33. The molecule has 108 valence electrons. The van der Waals surface area contributed by atoms with Crippen LogP contribution in [0.3, 0.4) is 0 Å². The van der Waals surface area contributed by atoms with Crippen LogP contribution in [0.1, 0.15) is 32.4 Å². The van der Waals surface area contributed by atoms with Crippen molar-refractivity contribution in [2.75, 3.05) is 19.9 Å². The molecular weight excluding hydrogens is 262 g/mol. The molecule has 1 aromatic carbocycles. The van der Waals surface area contributed by atoms with Crippen LogP contribution in [0.5, 0.6) is 5.75 Å². The Labute approximate surface area is 116 Å². The van der Waals surface area contributed by atoms with Crippen LogP contribution in [-0.2, 0) is 9.84 Å². The second-order valence-corrected chi connectivity index (χ2v) is 7.70. The Bertz CT molecular complexity index is 523. The van der Waals surface area contributed by atoms with E-state index >= 15 is 0 Å². The van der Waals surface area contributed by atoms with E-state index in [0.717, 1.165) is 11.3 Å². The molecule has 0 radical (unpaired) electrons. The Morgan fingerprint density at radius 3 is 2.47 bits per heavy atom. The van der Waals surface area contributed by atoms with Gasteiger partial charge in [0.05, 0.1) is 17.4 Å². The lowest BCUT2D eigenvalue weighted by molar-refractivity contribution is 0.339. The van der Waals surface area contributed by atoms with Crippen LogP contribution < -0.4 is 10.1 Å². The number of hydrogen-bond donors (Lipinski definition) is 1. The molecule has 0 bridgehead atoms. The number of hydrogen-bond acceptors (Lipinski definition) is 4. The molecule has 0 amide bonds. The molecule has 4 nitrogen and oxygen atoms in total. The topological polar surface area (TPSA) is 55.4 Å². The molecule has 5 heteroatoms. The lowest BCUT2D eigenvalue weighted by Crippen LogP contribution is -2.43. The van der Waals surface area contributed by atoms with Gasteiger partial charge in [-0.05, 0) is 45.5 Å². The minimum absolute atomic E-state index is 0.289. The first-order chi connectivity index (χ1) is 8.74. The van der Waals surface area contributed by atoms with E-state index in [0.29, 0.717) is 6.61 Å². The number of nitrogens with one attached hydrogen (secondary N) is 1. The van der Waals surface area contributed by atoms with Gasteiger partial charge in [-0.2, -0.15) is 0 Å². The second-order valence-electron chi connectivity index (χ2n) is 5.10. The highest BCUT2D eigenvalue weighted by Crippen LogP contribution is 2.33. The number of ether oxygens (including phenoxy) is 1. The molecule has 1 unspecified atom stereocenters. The Morgan fingerprint density at radius 1 is 1.37 bits per heavy atom. The largest absolute Gasteiger partial charge is 0.494 e. The molecule has 1 aromatic rings. The van der Waals surface area contributed by atoms with Crippen LogP contribution in [0.2, 0.25) is 0 Å². The first-order valence-corrected chi connectivity index (χ1v) is 8.22. The number of sulfone groups is 1. The van der Waals surface area contributed by atoms with E-state index in [1.807, 2.05) is 31.2 Å². The Morgan fingerprint density at radius 2 is 2.00 bits per heavy atom. The van der Waals surface area contributed by atoms with Crippen molar-refractivity contribution in [2.45, 2.75) is 31.6 Å². The summed E-state index contributed by atoms with van der Waals surface area (Å²) in [6, 6.07) is 7.26. The van der Waals surface area contributed by atoms with Gasteiger partial charge in [0, 0.05) is 6.26 Å². The molecule has 0 saturated carbocycles. The molecule has 0 heterocycles. The van der Waals surface area contributed by atoms with Gasteiger partial charge in [0.25, 0.3) is 0 Å². The minimum atomic E-state index is -3.19. The van der Waals surface area contributed by atoms with Crippen molar-refractivity contribution >= 4 is 9.84 Å². The van der Waals surface area contributed by atoms with E-state index < -0.39 is 14.6 Å². The van der Waals surface area contributed by atoms with Crippen molar-refractivity contribution in [1.29, 1.82) is 0 Å². The van der Waals surface area contributed by atoms with Gasteiger partial charge in [-0.25, -0.2) is 8.42 Å². The Balaban J connectivity index is 3.21. The maximum absolute atomic E-state index is 12.0. The fourth-order valence-corrected chi connectivity index (χ4v) is 2.76. The van der Waals surface area contributed by atoms with Gasteiger partial charge in [-0.1, -0.05) is 12.1 Å². The summed E-state index contributed by atoms with van der Waals surface area (Å²) >= 11 is 0. The SMILES string of the molecule is CCOc1cccc(C(NC)C(C)(C)S(C)(=O)=O)c1. The van der Waals surface area contributed by atoms with Crippen LogP contribution in [0.15, 0.2) is 24.3 Å². The van der Waals surface area contributed by atoms with Crippen LogP contribution in [0.25, 0.3) is 0 Å². The zero-order chi connectivity index (χ0) is 14.7. The lowest BCUT2D eigenvalue weighted by Gasteiger charge is -2.33. The molecule has 1 N–H and O–H groups in total. The molecule has 0 aliphatic carbocycles. The van der Waals surface area contributed by atoms with E-state index in [9.17, 15) is 8.42 Å². The van der Waals surface area contributed by atoms with E-state index in [1.54, 1.807) is 20.9 Å². The predicted molar refractivity (Wildman–Crippen MR) is 78.3 cm³/mol. The van der Waals surface area contributed by atoms with Crippen LogP contribution in [-0.4, -0.2) is 33.1 Å². The molecule has 0 aliphatic heterocycles. The minimum Gasteiger partial charge on any atom is -0.494 e. The summed E-state index contributed by atoms with van der Waals surface area (Å²) in [6.07, 6.45) is 1.27. The van der Waals surface area contributed by atoms with Gasteiger partial charge in [0.15, 0.2) is 9.84 Å². The van der Waals surface area contributed by atoms with Crippen LogP contribution in [0.4, 0.5) is 0 Å². The van der Waals surface area contributed by atoms with Crippen molar-refractivity contribution in [3.8, 4) is 5.75 Å². The monoisotopic (exact) mass is 285 g/mol. The van der Waals surface area contributed by atoms with Gasteiger partial charge in [-0.3, -0.25) is 0 Å². The van der Waals surface area contributed by atoms with Crippen LogP contribution in [0, 0.1) is 0 Å². The molecular formula is C14H23NO3S. The number of rotatable bonds is 6. The fourth-order valence-electron chi connectivity index (χ4n) is 2.08. The third-order valence-corrected chi connectivity index (χ3v) is 5.59. The highest BCUT2D eigenvalue weighted by molar-refractivity contribution is 7.92. The summed E-state index contributed by atoms with van der Waals surface area (Å²) in [5, 5.41) is 3.10. The van der Waals surface area contributed by atoms with Gasteiger partial charge in [0.2, 0.25) is 0 Å². The molecule has 0 aromatic heterocycles. The quantitative estimate of drug-likeness (QED) is 0.870. The first kappa shape index (κ1) is 16.0. The number of benzene rings is 1. The normalized spacial score (nSPS) is 14.2. The van der Waals surface area contributed by atoms with Gasteiger partial charge >= 0.3 is 0 Å². The zero-order valence-electron chi connectivity index (χ0n) is 12.2. The average molecular weight is 285 g/mol. The van der Waals surface area contributed by atoms with Crippen molar-refractivity contribution in [3.05, 3.63) is 29.8 Å². The fraction of sp³-hybridized carbons (Fsp3) is 0.571. The van der Waals surface area contributed by atoms with Gasteiger partial charge < -0.3 is 10.1 Å². The van der Waals surface area contributed by atoms with E-state index in [2.05, 4.69) is 5.32 Å². The molecule has 19 heavy (non-hydrogen) atoms. The standard InChI is InChI=1S/C14H23NO3S/c1-6-18-12-9-7-8-11(10-12)13(15-4)14(2,3)19(5,16)17/h7-10,13,15H,6H2,1-5H3. The summed E-state index contributed by atoms with van der Waals surface area (Å²) in [7, 11) is -1.42. The molecule has 0 spiro atoms. The molecule has 0 aliphatic rings. The predicted octanol–water partition coefficient (Wildman–Crippen LogP) is 2.17. The second kappa shape index (κ2) is 5.92. The van der Waals surface area contributed by atoms with Crippen molar-refractivity contribution in [3.63, 3.8) is 0 Å². The third kappa shape index (κ3) is 3.48. The van der Waals surface area contributed by atoms with E-state index in [1.165, 1.54) is 6.26 Å². The molecule has 1 atom stereocenters. The third-order valence-electron chi connectivity index (χ3n) is 3.44. The average Bonchev–Trinajstić information content (AvgIpc) is 2.29.